The van der Waals surface area contributed by atoms with Crippen LogP contribution in [0.4, 0.5) is 0 Å². The summed E-state index contributed by atoms with van der Waals surface area (Å²) in [6, 6.07) is 0. The molecule has 0 radical (unpaired) electrons. The predicted molar refractivity (Wildman–Crippen MR) is 64.3 cm³/mol. The Morgan fingerprint density at radius 3 is 2.93 bits per heavy atom. The molecule has 1 unspecified atom stereocenters. The zero-order valence-electron chi connectivity index (χ0n) is 9.02. The second-order valence-corrected chi connectivity index (χ2v) is 5.25. The Labute approximate surface area is 95.2 Å². The second-order valence-electron chi connectivity index (χ2n) is 4.03. The van der Waals surface area contributed by atoms with Crippen molar-refractivity contribution in [3.8, 4) is 0 Å². The lowest BCUT2D eigenvalue weighted by Crippen LogP contribution is -2.42. The standard InChI is InChI=1S/C10H19N3OS/c11-10(13-2-5-15-6-3-13)12-7-9-1-4-14-8-9/h9H,1-8H2,(H2,11,12). The van der Waals surface area contributed by atoms with E-state index in [1.807, 2.05) is 11.8 Å². The van der Waals surface area contributed by atoms with E-state index in [0.717, 1.165) is 45.2 Å². The van der Waals surface area contributed by atoms with E-state index in [1.165, 1.54) is 11.5 Å². The number of aliphatic imine (C=N–C) groups is 1. The van der Waals surface area contributed by atoms with Crippen molar-refractivity contribution in [2.24, 2.45) is 16.6 Å². The maximum absolute atomic E-state index is 5.95. The van der Waals surface area contributed by atoms with Crippen LogP contribution in [-0.4, -0.2) is 55.2 Å². The highest BCUT2D eigenvalue weighted by molar-refractivity contribution is 7.99. The average Bonchev–Trinajstić information content (AvgIpc) is 2.80. The summed E-state index contributed by atoms with van der Waals surface area (Å²) in [4.78, 5) is 6.65. The monoisotopic (exact) mass is 229 g/mol. The van der Waals surface area contributed by atoms with Gasteiger partial charge in [0.1, 0.15) is 0 Å². The molecule has 0 saturated carbocycles. The predicted octanol–water partition coefficient (Wildman–Crippen LogP) is 0.386. The maximum atomic E-state index is 5.95. The fourth-order valence-corrected chi connectivity index (χ4v) is 2.75. The molecule has 2 heterocycles. The van der Waals surface area contributed by atoms with Crippen LogP contribution in [0.3, 0.4) is 0 Å². The van der Waals surface area contributed by atoms with E-state index in [4.69, 9.17) is 10.5 Å². The molecule has 0 spiro atoms. The van der Waals surface area contributed by atoms with Crippen molar-refractivity contribution in [3.63, 3.8) is 0 Å². The van der Waals surface area contributed by atoms with E-state index in [9.17, 15) is 0 Å². The van der Waals surface area contributed by atoms with Crippen LogP contribution >= 0.6 is 11.8 Å². The summed E-state index contributed by atoms with van der Waals surface area (Å²) in [7, 11) is 0. The molecule has 2 aliphatic heterocycles. The number of nitrogens with zero attached hydrogens (tertiary/aromatic N) is 2. The van der Waals surface area contributed by atoms with Gasteiger partial charge < -0.3 is 15.4 Å². The molecule has 0 aliphatic carbocycles. The SMILES string of the molecule is NC(=NCC1CCOC1)N1CCSCC1. The van der Waals surface area contributed by atoms with Crippen LogP contribution in [0.5, 0.6) is 0 Å². The summed E-state index contributed by atoms with van der Waals surface area (Å²) < 4.78 is 5.31. The van der Waals surface area contributed by atoms with Crippen LogP contribution in [0.15, 0.2) is 4.99 Å². The molecule has 0 aromatic heterocycles. The van der Waals surface area contributed by atoms with Gasteiger partial charge in [-0.25, -0.2) is 0 Å². The van der Waals surface area contributed by atoms with Crippen LogP contribution in [0.25, 0.3) is 0 Å². The molecule has 0 aromatic rings. The van der Waals surface area contributed by atoms with Gasteiger partial charge in [-0.15, -0.1) is 0 Å². The minimum atomic E-state index is 0.586. The highest BCUT2D eigenvalue weighted by Crippen LogP contribution is 2.13. The smallest absolute Gasteiger partial charge is 0.191 e. The lowest BCUT2D eigenvalue weighted by Gasteiger charge is -2.27. The Bertz CT molecular complexity index is 223. The first-order valence-electron chi connectivity index (χ1n) is 5.56. The van der Waals surface area contributed by atoms with Gasteiger partial charge in [0.2, 0.25) is 0 Å². The Morgan fingerprint density at radius 2 is 2.27 bits per heavy atom. The number of hydrogen-bond donors (Lipinski definition) is 1. The van der Waals surface area contributed by atoms with Crippen molar-refractivity contribution in [2.75, 3.05) is 44.4 Å². The summed E-state index contributed by atoms with van der Waals surface area (Å²) >= 11 is 1.99. The molecule has 5 heteroatoms. The lowest BCUT2D eigenvalue weighted by molar-refractivity contribution is 0.187. The second kappa shape index (κ2) is 5.61. The minimum Gasteiger partial charge on any atom is -0.381 e. The molecule has 4 nitrogen and oxygen atoms in total. The number of hydrogen-bond acceptors (Lipinski definition) is 3. The van der Waals surface area contributed by atoms with Crippen LogP contribution in [0.2, 0.25) is 0 Å². The fourth-order valence-electron chi connectivity index (χ4n) is 1.84. The Balaban J connectivity index is 1.77. The summed E-state index contributed by atoms with van der Waals surface area (Å²) in [6.07, 6.45) is 1.13. The first-order chi connectivity index (χ1) is 7.36. The highest BCUT2D eigenvalue weighted by Gasteiger charge is 2.16. The first kappa shape index (κ1) is 11.1. The van der Waals surface area contributed by atoms with Gasteiger partial charge in [0.05, 0.1) is 6.61 Å². The summed E-state index contributed by atoms with van der Waals surface area (Å²) in [5, 5.41) is 0. The Hall–Kier alpha value is -0.420. The largest absolute Gasteiger partial charge is 0.381 e. The van der Waals surface area contributed by atoms with Crippen LogP contribution in [0, 0.1) is 5.92 Å². The quantitative estimate of drug-likeness (QED) is 0.549. The van der Waals surface area contributed by atoms with Crippen molar-refractivity contribution >= 4 is 17.7 Å². The van der Waals surface area contributed by atoms with Gasteiger partial charge in [-0.2, -0.15) is 11.8 Å². The molecular formula is C10H19N3OS. The van der Waals surface area contributed by atoms with E-state index in [-0.39, 0.29) is 0 Å². The Morgan fingerprint density at radius 1 is 1.47 bits per heavy atom. The third-order valence-corrected chi connectivity index (χ3v) is 3.81. The number of nitrogens with two attached hydrogens (primary N) is 1. The van der Waals surface area contributed by atoms with E-state index >= 15 is 0 Å². The van der Waals surface area contributed by atoms with Gasteiger partial charge in [-0.3, -0.25) is 4.99 Å². The molecule has 15 heavy (non-hydrogen) atoms. The zero-order valence-corrected chi connectivity index (χ0v) is 9.84. The molecule has 0 bridgehead atoms. The third-order valence-electron chi connectivity index (χ3n) is 2.87. The third kappa shape index (κ3) is 3.28. The fraction of sp³-hybridized carbons (Fsp3) is 0.900. The van der Waals surface area contributed by atoms with Gasteiger partial charge in [-0.05, 0) is 6.42 Å². The number of ether oxygens (including phenoxy) is 1. The number of rotatable bonds is 2. The van der Waals surface area contributed by atoms with Crippen LogP contribution in [0.1, 0.15) is 6.42 Å². The van der Waals surface area contributed by atoms with E-state index in [0.29, 0.717) is 5.92 Å². The molecule has 1 atom stereocenters. The van der Waals surface area contributed by atoms with Crippen molar-refractivity contribution in [2.45, 2.75) is 6.42 Å². The first-order valence-corrected chi connectivity index (χ1v) is 6.72. The maximum Gasteiger partial charge on any atom is 0.191 e. The van der Waals surface area contributed by atoms with E-state index in [1.54, 1.807) is 0 Å². The van der Waals surface area contributed by atoms with Crippen molar-refractivity contribution in [3.05, 3.63) is 0 Å². The molecule has 2 saturated heterocycles. The van der Waals surface area contributed by atoms with E-state index in [2.05, 4.69) is 9.89 Å². The average molecular weight is 229 g/mol. The van der Waals surface area contributed by atoms with E-state index < -0.39 is 0 Å². The molecule has 2 aliphatic rings. The van der Waals surface area contributed by atoms with Gasteiger partial charge >= 0.3 is 0 Å². The molecule has 86 valence electrons. The zero-order chi connectivity index (χ0) is 10.5. The van der Waals surface area contributed by atoms with Crippen molar-refractivity contribution in [1.29, 1.82) is 0 Å². The van der Waals surface area contributed by atoms with Gasteiger partial charge in [-0.1, -0.05) is 0 Å². The van der Waals surface area contributed by atoms with Gasteiger partial charge in [0.15, 0.2) is 5.96 Å². The lowest BCUT2D eigenvalue weighted by atomic mass is 10.1. The van der Waals surface area contributed by atoms with Gasteiger partial charge in [0, 0.05) is 43.7 Å². The van der Waals surface area contributed by atoms with Crippen LogP contribution < -0.4 is 5.73 Å². The summed E-state index contributed by atoms with van der Waals surface area (Å²) in [5.41, 5.74) is 5.95. The topological polar surface area (TPSA) is 50.9 Å². The number of guanidine groups is 1. The molecule has 2 N–H and O–H groups in total. The minimum absolute atomic E-state index is 0.586. The molecule has 2 rings (SSSR count). The highest BCUT2D eigenvalue weighted by atomic mass is 32.2. The number of thioether (sulfide) groups is 1. The van der Waals surface area contributed by atoms with Crippen molar-refractivity contribution < 1.29 is 4.74 Å². The van der Waals surface area contributed by atoms with Crippen LogP contribution in [-0.2, 0) is 4.74 Å². The molecule has 0 amide bonds. The molecular weight excluding hydrogens is 210 g/mol. The Kier molecular flexibility index (Phi) is 4.14. The summed E-state index contributed by atoms with van der Waals surface area (Å²) in [6.45, 7) is 4.66. The van der Waals surface area contributed by atoms with Crippen molar-refractivity contribution in [1.82, 2.24) is 4.90 Å². The summed E-state index contributed by atoms with van der Waals surface area (Å²) in [5.74, 6) is 3.65. The molecule has 2 fully saturated rings. The normalized spacial score (nSPS) is 28.4. The van der Waals surface area contributed by atoms with Gasteiger partial charge in [0.25, 0.3) is 0 Å². The molecule has 0 aromatic carbocycles.